The molecule has 1 aromatic carbocycles. The van der Waals surface area contributed by atoms with Crippen molar-refractivity contribution in [2.75, 3.05) is 9.80 Å². The van der Waals surface area contributed by atoms with Gasteiger partial charge in [-0.15, -0.1) is 0 Å². The van der Waals surface area contributed by atoms with Crippen molar-refractivity contribution < 1.29 is 19.2 Å². The van der Waals surface area contributed by atoms with E-state index in [1.807, 2.05) is 0 Å². The number of benzene rings is 1. The van der Waals surface area contributed by atoms with Crippen LogP contribution in [0.25, 0.3) is 0 Å². The maximum atomic E-state index is 13.0. The van der Waals surface area contributed by atoms with Crippen LogP contribution >= 0.6 is 0 Å². The molecule has 0 fully saturated rings. The van der Waals surface area contributed by atoms with Crippen molar-refractivity contribution in [1.29, 1.82) is 0 Å². The van der Waals surface area contributed by atoms with E-state index in [9.17, 15) is 19.2 Å². The number of hydrogen-bond acceptors (Lipinski definition) is 4. The highest BCUT2D eigenvalue weighted by Crippen LogP contribution is 2.36. The molecule has 0 saturated carbocycles. The molecule has 3 rings (SSSR count). The monoisotopic (exact) mass is 436 g/mol. The largest absolute Gasteiger partial charge is 0.269 e. The molecule has 0 spiro atoms. The maximum Gasteiger partial charge on any atom is 0.261 e. The molecular formula is C26H32N2O4. The van der Waals surface area contributed by atoms with E-state index in [4.69, 9.17) is 0 Å². The van der Waals surface area contributed by atoms with E-state index >= 15 is 0 Å². The summed E-state index contributed by atoms with van der Waals surface area (Å²) in [5.74, 6) is -1.60. The molecule has 0 atom stereocenters. The standard InChI is InChI=1S/C26H32N2O4/c1-3-5-7-9-13-19-17-23(29)27(25(19)31)21-15-11-12-16-22(21)28-24(30)18-20(26(28)32)14-10-8-6-4-2/h11-12,15-18H,3-10,13-14H2,1-2H3. The summed E-state index contributed by atoms with van der Waals surface area (Å²) in [4.78, 5) is 53.6. The summed E-state index contributed by atoms with van der Waals surface area (Å²) in [7, 11) is 0. The Morgan fingerprint density at radius 1 is 0.594 bits per heavy atom. The fourth-order valence-electron chi connectivity index (χ4n) is 4.18. The van der Waals surface area contributed by atoms with Crippen LogP contribution in [0, 0.1) is 0 Å². The van der Waals surface area contributed by atoms with Gasteiger partial charge in [-0.3, -0.25) is 19.2 Å². The van der Waals surface area contributed by atoms with Crippen LogP contribution in [0.2, 0.25) is 0 Å². The van der Waals surface area contributed by atoms with Crippen molar-refractivity contribution in [2.45, 2.75) is 78.1 Å². The minimum Gasteiger partial charge on any atom is -0.269 e. The molecule has 170 valence electrons. The number of rotatable bonds is 12. The first-order chi connectivity index (χ1) is 15.5. The number of amides is 4. The van der Waals surface area contributed by atoms with Crippen LogP contribution in [-0.4, -0.2) is 23.6 Å². The first kappa shape index (κ1) is 23.6. The highest BCUT2D eigenvalue weighted by molar-refractivity contribution is 6.35. The lowest BCUT2D eigenvalue weighted by atomic mass is 10.1. The van der Waals surface area contributed by atoms with Crippen molar-refractivity contribution in [3.05, 3.63) is 47.6 Å². The van der Waals surface area contributed by atoms with E-state index in [0.717, 1.165) is 61.2 Å². The molecule has 0 N–H and O–H groups in total. The smallest absolute Gasteiger partial charge is 0.261 e. The molecule has 6 heteroatoms. The van der Waals surface area contributed by atoms with Crippen LogP contribution in [0.1, 0.15) is 78.1 Å². The van der Waals surface area contributed by atoms with E-state index in [0.29, 0.717) is 24.0 Å². The van der Waals surface area contributed by atoms with Gasteiger partial charge in [0.2, 0.25) is 0 Å². The summed E-state index contributed by atoms with van der Waals surface area (Å²) >= 11 is 0. The Labute approximate surface area is 190 Å². The number of nitrogens with zero attached hydrogens (tertiary/aromatic N) is 2. The Hall–Kier alpha value is -3.02. The van der Waals surface area contributed by atoms with Gasteiger partial charge in [0.1, 0.15) is 0 Å². The molecule has 2 aliphatic heterocycles. The van der Waals surface area contributed by atoms with Crippen LogP contribution in [0.4, 0.5) is 11.4 Å². The van der Waals surface area contributed by atoms with Crippen molar-refractivity contribution in [1.82, 2.24) is 0 Å². The van der Waals surface area contributed by atoms with Gasteiger partial charge in [0.25, 0.3) is 23.6 Å². The van der Waals surface area contributed by atoms with Crippen LogP contribution in [-0.2, 0) is 19.2 Å². The third kappa shape index (κ3) is 5.06. The van der Waals surface area contributed by atoms with Gasteiger partial charge in [0.05, 0.1) is 11.4 Å². The number of carbonyl (C=O) groups excluding carboxylic acids is 4. The van der Waals surface area contributed by atoms with E-state index in [1.165, 1.54) is 12.2 Å². The lowest BCUT2D eigenvalue weighted by Crippen LogP contribution is -2.36. The van der Waals surface area contributed by atoms with Gasteiger partial charge in [-0.2, -0.15) is 0 Å². The summed E-state index contributed by atoms with van der Waals surface area (Å²) < 4.78 is 0. The fraction of sp³-hybridized carbons (Fsp3) is 0.462. The number of anilines is 2. The van der Waals surface area contributed by atoms with Crippen molar-refractivity contribution in [3.63, 3.8) is 0 Å². The zero-order valence-corrected chi connectivity index (χ0v) is 19.1. The summed E-state index contributed by atoms with van der Waals surface area (Å²) in [6.07, 6.45) is 12.0. The molecule has 0 radical (unpaired) electrons. The zero-order chi connectivity index (χ0) is 23.1. The van der Waals surface area contributed by atoms with Gasteiger partial charge < -0.3 is 0 Å². The summed E-state index contributed by atoms with van der Waals surface area (Å²) in [5, 5.41) is 0. The van der Waals surface area contributed by atoms with Gasteiger partial charge >= 0.3 is 0 Å². The lowest BCUT2D eigenvalue weighted by molar-refractivity contribution is -0.122. The quantitative estimate of drug-likeness (QED) is 0.332. The molecule has 0 saturated heterocycles. The molecule has 0 bridgehead atoms. The molecule has 32 heavy (non-hydrogen) atoms. The highest BCUT2D eigenvalue weighted by atomic mass is 16.2. The van der Waals surface area contributed by atoms with Crippen LogP contribution in [0.5, 0.6) is 0 Å². The summed E-state index contributed by atoms with van der Waals surface area (Å²) in [6.45, 7) is 4.24. The second kappa shape index (κ2) is 11.0. The second-order valence-electron chi connectivity index (χ2n) is 8.41. The number of imide groups is 2. The average molecular weight is 437 g/mol. The SMILES string of the molecule is CCCCCCC1=CC(=O)N(c2ccccc2N2C(=O)C=C(CCCCCC)C2=O)C1=O. The summed E-state index contributed by atoms with van der Waals surface area (Å²) in [5.41, 5.74) is 1.50. The van der Waals surface area contributed by atoms with Crippen molar-refractivity contribution in [3.8, 4) is 0 Å². The number of hydrogen-bond donors (Lipinski definition) is 0. The van der Waals surface area contributed by atoms with Crippen molar-refractivity contribution in [2.24, 2.45) is 0 Å². The van der Waals surface area contributed by atoms with Crippen molar-refractivity contribution >= 4 is 35.0 Å². The molecule has 6 nitrogen and oxygen atoms in total. The fourth-order valence-corrected chi connectivity index (χ4v) is 4.18. The first-order valence-corrected chi connectivity index (χ1v) is 11.8. The number of carbonyl (C=O) groups is 4. The van der Waals surface area contributed by atoms with E-state index in [-0.39, 0.29) is 23.2 Å². The second-order valence-corrected chi connectivity index (χ2v) is 8.41. The van der Waals surface area contributed by atoms with Gasteiger partial charge in [-0.1, -0.05) is 64.5 Å². The molecule has 1 aromatic rings. The van der Waals surface area contributed by atoms with Crippen LogP contribution in [0.15, 0.2) is 47.6 Å². The normalized spacial score (nSPS) is 16.3. The minimum absolute atomic E-state index is 0.268. The van der Waals surface area contributed by atoms with E-state index in [2.05, 4.69) is 13.8 Å². The molecule has 0 aliphatic carbocycles. The molecule has 0 unspecified atom stereocenters. The predicted molar refractivity (Wildman–Crippen MR) is 125 cm³/mol. The Bertz CT molecular complexity index is 883. The van der Waals surface area contributed by atoms with Gasteiger partial charge in [-0.05, 0) is 37.8 Å². The third-order valence-corrected chi connectivity index (χ3v) is 5.95. The Morgan fingerprint density at radius 2 is 1.00 bits per heavy atom. The Morgan fingerprint density at radius 3 is 1.38 bits per heavy atom. The van der Waals surface area contributed by atoms with E-state index < -0.39 is 11.8 Å². The van der Waals surface area contributed by atoms with Crippen LogP contribution < -0.4 is 9.80 Å². The van der Waals surface area contributed by atoms with Gasteiger partial charge in [0.15, 0.2) is 0 Å². The lowest BCUT2D eigenvalue weighted by Gasteiger charge is -2.23. The first-order valence-electron chi connectivity index (χ1n) is 11.8. The van der Waals surface area contributed by atoms with E-state index in [1.54, 1.807) is 24.3 Å². The predicted octanol–water partition coefficient (Wildman–Crippen LogP) is 5.23. The molecule has 2 heterocycles. The summed E-state index contributed by atoms with van der Waals surface area (Å²) in [6, 6.07) is 6.61. The minimum atomic E-state index is -0.431. The molecule has 2 aliphatic rings. The topological polar surface area (TPSA) is 74.8 Å². The van der Waals surface area contributed by atoms with Crippen LogP contribution in [0.3, 0.4) is 0 Å². The third-order valence-electron chi connectivity index (χ3n) is 5.95. The van der Waals surface area contributed by atoms with Gasteiger partial charge in [-0.25, -0.2) is 9.80 Å². The zero-order valence-electron chi connectivity index (χ0n) is 19.1. The Kier molecular flexibility index (Phi) is 8.14. The van der Waals surface area contributed by atoms with Gasteiger partial charge in [0, 0.05) is 23.3 Å². The Balaban J connectivity index is 1.77. The number of para-hydroxylation sites is 2. The highest BCUT2D eigenvalue weighted by Gasteiger charge is 2.38. The average Bonchev–Trinajstić information content (AvgIpc) is 3.22. The maximum absolute atomic E-state index is 13.0. The molecule has 0 aromatic heterocycles. The number of unbranched alkanes of at least 4 members (excludes halogenated alkanes) is 6. The molecular weight excluding hydrogens is 404 g/mol. The molecule has 4 amide bonds.